The maximum absolute atomic E-state index is 13.5. The van der Waals surface area contributed by atoms with Crippen molar-refractivity contribution in [2.75, 3.05) is 13.6 Å². The van der Waals surface area contributed by atoms with Gasteiger partial charge in [-0.3, -0.25) is 14.2 Å². The number of likely N-dealkylation sites (N-methyl/N-ethyl adjacent to an activating group) is 1. The third-order valence-electron chi connectivity index (χ3n) is 4.49. The number of nitrogens with zero attached hydrogens (tertiary/aromatic N) is 3. The summed E-state index contributed by atoms with van der Waals surface area (Å²) in [6.45, 7) is 2.29. The molecule has 6 nitrogen and oxygen atoms in total. The zero-order chi connectivity index (χ0) is 20.4. The predicted octanol–water partition coefficient (Wildman–Crippen LogP) is 2.81. The molecule has 0 bridgehead atoms. The van der Waals surface area contributed by atoms with Crippen LogP contribution in [0.3, 0.4) is 0 Å². The molecule has 0 aliphatic rings. The summed E-state index contributed by atoms with van der Waals surface area (Å²) in [5, 5.41) is 0.0655. The molecule has 8 heteroatoms. The lowest BCUT2D eigenvalue weighted by atomic mass is 10.2. The van der Waals surface area contributed by atoms with Crippen molar-refractivity contribution in [1.82, 2.24) is 14.0 Å². The molecule has 3 rings (SSSR count). The Morgan fingerprint density at radius 3 is 2.57 bits per heavy atom. The number of carbonyl (C=O) groups excluding carboxylic acids is 1. The van der Waals surface area contributed by atoms with Crippen LogP contribution in [-0.4, -0.2) is 33.5 Å². The molecule has 2 aromatic carbocycles. The van der Waals surface area contributed by atoms with E-state index in [0.717, 1.165) is 17.1 Å². The molecule has 0 fully saturated rings. The van der Waals surface area contributed by atoms with Crippen LogP contribution in [0.1, 0.15) is 13.3 Å². The third-order valence-corrected chi connectivity index (χ3v) is 4.78. The van der Waals surface area contributed by atoms with Crippen LogP contribution in [0.15, 0.2) is 52.1 Å². The first-order valence-corrected chi connectivity index (χ1v) is 9.17. The standard InChI is InChI=1S/C20H19ClFN3O3/c1-3-10-23(2)18(26)12-24-17-7-5-4-6-14(17)19(27)25(20(24)28)13-8-9-16(22)15(21)11-13/h4-9,11H,3,10,12H2,1-2H3. The Morgan fingerprint density at radius 1 is 1.18 bits per heavy atom. The van der Waals surface area contributed by atoms with Crippen molar-refractivity contribution in [3.63, 3.8) is 0 Å². The average Bonchev–Trinajstić information content (AvgIpc) is 2.68. The van der Waals surface area contributed by atoms with Gasteiger partial charge in [0, 0.05) is 13.6 Å². The summed E-state index contributed by atoms with van der Waals surface area (Å²) >= 11 is 5.83. The van der Waals surface area contributed by atoms with Gasteiger partial charge in [0.2, 0.25) is 5.91 Å². The van der Waals surface area contributed by atoms with E-state index in [-0.39, 0.29) is 28.5 Å². The highest BCUT2D eigenvalue weighted by atomic mass is 35.5. The van der Waals surface area contributed by atoms with Crippen molar-refractivity contribution >= 4 is 28.4 Å². The van der Waals surface area contributed by atoms with E-state index in [1.54, 1.807) is 31.3 Å². The van der Waals surface area contributed by atoms with Gasteiger partial charge in [-0.2, -0.15) is 0 Å². The largest absolute Gasteiger partial charge is 0.344 e. The molecule has 0 aliphatic carbocycles. The molecule has 146 valence electrons. The predicted molar refractivity (Wildman–Crippen MR) is 107 cm³/mol. The smallest absolute Gasteiger partial charge is 0.336 e. The molecule has 3 aromatic rings. The molecule has 0 aliphatic heterocycles. The average molecular weight is 404 g/mol. The summed E-state index contributed by atoms with van der Waals surface area (Å²) in [6, 6.07) is 10.2. The molecule has 1 aromatic heterocycles. The number of para-hydroxylation sites is 1. The molecular weight excluding hydrogens is 385 g/mol. The van der Waals surface area contributed by atoms with E-state index >= 15 is 0 Å². The van der Waals surface area contributed by atoms with E-state index < -0.39 is 17.1 Å². The van der Waals surface area contributed by atoms with Crippen LogP contribution in [0.25, 0.3) is 16.6 Å². The van der Waals surface area contributed by atoms with Crippen molar-refractivity contribution in [2.24, 2.45) is 0 Å². The molecule has 0 unspecified atom stereocenters. The van der Waals surface area contributed by atoms with Crippen LogP contribution >= 0.6 is 11.6 Å². The van der Waals surface area contributed by atoms with E-state index in [4.69, 9.17) is 11.6 Å². The van der Waals surface area contributed by atoms with Crippen LogP contribution in [0, 0.1) is 5.82 Å². The quantitative estimate of drug-likeness (QED) is 0.658. The topological polar surface area (TPSA) is 64.3 Å². The lowest BCUT2D eigenvalue weighted by Crippen LogP contribution is -2.42. The Morgan fingerprint density at radius 2 is 1.89 bits per heavy atom. The minimum atomic E-state index is -0.690. The van der Waals surface area contributed by atoms with Gasteiger partial charge in [0.1, 0.15) is 12.4 Å². The Labute approximate surface area is 165 Å². The number of halogens is 2. The van der Waals surface area contributed by atoms with Crippen molar-refractivity contribution < 1.29 is 9.18 Å². The highest BCUT2D eigenvalue weighted by Gasteiger charge is 2.18. The number of rotatable bonds is 5. The summed E-state index contributed by atoms with van der Waals surface area (Å²) in [5.74, 6) is -0.910. The maximum atomic E-state index is 13.5. The van der Waals surface area contributed by atoms with Crippen molar-refractivity contribution in [3.05, 3.63) is 74.1 Å². The molecule has 0 saturated carbocycles. The van der Waals surface area contributed by atoms with Crippen molar-refractivity contribution in [1.29, 1.82) is 0 Å². The summed E-state index contributed by atoms with van der Waals surface area (Å²) in [4.78, 5) is 40.1. The second-order valence-electron chi connectivity index (χ2n) is 6.44. The van der Waals surface area contributed by atoms with Gasteiger partial charge >= 0.3 is 5.69 Å². The molecule has 1 heterocycles. The summed E-state index contributed by atoms with van der Waals surface area (Å²) < 4.78 is 15.7. The number of amides is 1. The summed E-state index contributed by atoms with van der Waals surface area (Å²) in [7, 11) is 1.66. The van der Waals surface area contributed by atoms with E-state index in [1.165, 1.54) is 21.6 Å². The fourth-order valence-electron chi connectivity index (χ4n) is 3.04. The molecular formula is C20H19ClFN3O3. The zero-order valence-electron chi connectivity index (χ0n) is 15.5. The third kappa shape index (κ3) is 3.57. The molecule has 28 heavy (non-hydrogen) atoms. The van der Waals surface area contributed by atoms with Gasteiger partial charge in [0.05, 0.1) is 21.6 Å². The fourth-order valence-corrected chi connectivity index (χ4v) is 3.22. The summed E-state index contributed by atoms with van der Waals surface area (Å²) in [6.07, 6.45) is 0.783. The first-order valence-electron chi connectivity index (χ1n) is 8.79. The zero-order valence-corrected chi connectivity index (χ0v) is 16.2. The lowest BCUT2D eigenvalue weighted by molar-refractivity contribution is -0.130. The highest BCUT2D eigenvalue weighted by molar-refractivity contribution is 6.30. The molecule has 0 atom stereocenters. The van der Waals surface area contributed by atoms with Crippen LogP contribution < -0.4 is 11.2 Å². The molecule has 0 radical (unpaired) electrons. The second-order valence-corrected chi connectivity index (χ2v) is 6.85. The van der Waals surface area contributed by atoms with E-state index in [9.17, 15) is 18.8 Å². The summed E-state index contributed by atoms with van der Waals surface area (Å²) in [5.41, 5.74) is -0.756. The van der Waals surface area contributed by atoms with Crippen molar-refractivity contribution in [3.8, 4) is 5.69 Å². The SMILES string of the molecule is CCCN(C)C(=O)Cn1c(=O)n(-c2ccc(F)c(Cl)c2)c(=O)c2ccccc21. The molecule has 0 spiro atoms. The van der Waals surface area contributed by atoms with Gasteiger partial charge in [-0.25, -0.2) is 13.8 Å². The second kappa shape index (κ2) is 7.98. The minimum absolute atomic E-state index is 0.135. The number of hydrogen-bond donors (Lipinski definition) is 0. The van der Waals surface area contributed by atoms with Gasteiger partial charge in [0.15, 0.2) is 0 Å². The fraction of sp³-hybridized carbons (Fsp3) is 0.250. The van der Waals surface area contributed by atoms with Gasteiger partial charge in [-0.1, -0.05) is 30.7 Å². The number of benzene rings is 2. The van der Waals surface area contributed by atoms with Crippen LogP contribution in [0.2, 0.25) is 5.02 Å². The van der Waals surface area contributed by atoms with Crippen LogP contribution in [-0.2, 0) is 11.3 Å². The minimum Gasteiger partial charge on any atom is -0.344 e. The van der Waals surface area contributed by atoms with E-state index in [1.807, 2.05) is 6.92 Å². The number of hydrogen-bond acceptors (Lipinski definition) is 3. The first kappa shape index (κ1) is 19.8. The molecule has 0 N–H and O–H groups in total. The van der Waals surface area contributed by atoms with Gasteiger partial charge in [0.25, 0.3) is 5.56 Å². The number of carbonyl (C=O) groups is 1. The van der Waals surface area contributed by atoms with Gasteiger partial charge in [-0.05, 0) is 36.8 Å². The van der Waals surface area contributed by atoms with Crippen LogP contribution in [0.5, 0.6) is 0 Å². The van der Waals surface area contributed by atoms with E-state index in [0.29, 0.717) is 12.1 Å². The van der Waals surface area contributed by atoms with Crippen molar-refractivity contribution in [2.45, 2.75) is 19.9 Å². The number of aromatic nitrogens is 2. The normalized spacial score (nSPS) is 11.0. The molecule has 0 saturated heterocycles. The highest BCUT2D eigenvalue weighted by Crippen LogP contribution is 2.18. The van der Waals surface area contributed by atoms with E-state index in [2.05, 4.69) is 0 Å². The lowest BCUT2D eigenvalue weighted by Gasteiger charge is -2.19. The van der Waals surface area contributed by atoms with Gasteiger partial charge in [-0.15, -0.1) is 0 Å². The Hall–Kier alpha value is -2.93. The Balaban J connectivity index is 2.26. The van der Waals surface area contributed by atoms with Crippen LogP contribution in [0.4, 0.5) is 4.39 Å². The number of fused-ring (bicyclic) bond motifs is 1. The van der Waals surface area contributed by atoms with Gasteiger partial charge < -0.3 is 4.90 Å². The molecule has 1 amide bonds. The monoisotopic (exact) mass is 403 g/mol. The first-order chi connectivity index (χ1) is 13.3. The Bertz CT molecular complexity index is 1170. The Kier molecular flexibility index (Phi) is 5.65. The maximum Gasteiger partial charge on any atom is 0.336 e.